The number of carbonyl (C=O) groups excluding carboxylic acids is 1. The molecule has 3 rings (SSSR count). The van der Waals surface area contributed by atoms with E-state index in [-0.39, 0.29) is 11.7 Å². The van der Waals surface area contributed by atoms with Gasteiger partial charge in [-0.05, 0) is 29.8 Å². The zero-order valence-corrected chi connectivity index (χ0v) is 15.0. The topological polar surface area (TPSA) is 94.0 Å². The van der Waals surface area contributed by atoms with Gasteiger partial charge in [-0.25, -0.2) is 8.42 Å². The van der Waals surface area contributed by atoms with Crippen LogP contribution in [0.1, 0.15) is 21.6 Å². The van der Waals surface area contributed by atoms with Crippen LogP contribution in [-0.4, -0.2) is 35.3 Å². The van der Waals surface area contributed by atoms with Gasteiger partial charge in [-0.15, -0.1) is 0 Å². The normalized spacial score (nSPS) is 11.3. The van der Waals surface area contributed by atoms with E-state index >= 15 is 0 Å². The van der Waals surface area contributed by atoms with Crippen molar-refractivity contribution in [2.75, 3.05) is 11.6 Å². The highest BCUT2D eigenvalue weighted by Crippen LogP contribution is 2.12. The summed E-state index contributed by atoms with van der Waals surface area (Å²) in [6.07, 6.45) is 4.63. The van der Waals surface area contributed by atoms with Crippen LogP contribution in [0.25, 0.3) is 0 Å². The van der Waals surface area contributed by atoms with Crippen LogP contribution in [0.4, 0.5) is 5.82 Å². The number of sulfone groups is 1. The number of carbonyl (C=O) groups is 1. The van der Waals surface area contributed by atoms with Crippen LogP contribution in [0.2, 0.25) is 0 Å². The Labute approximate surface area is 151 Å². The number of nitrogens with zero attached hydrogens (tertiary/aromatic N) is 3. The van der Waals surface area contributed by atoms with Crippen LogP contribution in [0.5, 0.6) is 0 Å². The summed E-state index contributed by atoms with van der Waals surface area (Å²) in [4.78, 5) is 16.6. The second-order valence-corrected chi connectivity index (χ2v) is 8.08. The molecule has 3 aromatic rings. The quantitative estimate of drug-likeness (QED) is 0.717. The van der Waals surface area contributed by atoms with Crippen molar-refractivity contribution in [3.8, 4) is 0 Å². The van der Waals surface area contributed by atoms with Crippen molar-refractivity contribution in [1.29, 1.82) is 0 Å². The van der Waals surface area contributed by atoms with Gasteiger partial charge in [0.1, 0.15) is 0 Å². The van der Waals surface area contributed by atoms with Crippen molar-refractivity contribution in [1.82, 2.24) is 14.8 Å². The molecule has 0 fully saturated rings. The fraction of sp³-hybridized carbons (Fsp3) is 0.167. The Morgan fingerprint density at radius 2 is 2.00 bits per heavy atom. The Hall–Kier alpha value is -3.00. The molecule has 0 atom stereocenters. The Balaban J connectivity index is 1.68. The molecule has 0 saturated heterocycles. The van der Waals surface area contributed by atoms with E-state index in [2.05, 4.69) is 15.4 Å². The highest BCUT2D eigenvalue weighted by Gasteiger charge is 2.11. The van der Waals surface area contributed by atoms with Crippen molar-refractivity contribution >= 4 is 21.6 Å². The Morgan fingerprint density at radius 1 is 1.15 bits per heavy atom. The van der Waals surface area contributed by atoms with Crippen molar-refractivity contribution in [3.63, 3.8) is 0 Å². The van der Waals surface area contributed by atoms with Gasteiger partial charge in [0.2, 0.25) is 0 Å². The largest absolute Gasteiger partial charge is 0.305 e. The molecular formula is C18H18N4O3S. The standard InChI is InChI=1S/C18H18N4O3S/c1-26(24,25)13-14-5-4-6-15(11-14)18(23)20-17-8-10-22(21-17)12-16-7-2-3-9-19-16/h2-11H,12-13H2,1H3,(H,20,21,23). The molecule has 2 aromatic heterocycles. The van der Waals surface area contributed by atoms with Gasteiger partial charge in [0.15, 0.2) is 15.7 Å². The second-order valence-electron chi connectivity index (χ2n) is 5.94. The lowest BCUT2D eigenvalue weighted by Crippen LogP contribution is -2.13. The molecule has 0 saturated carbocycles. The van der Waals surface area contributed by atoms with Gasteiger partial charge in [0.25, 0.3) is 5.91 Å². The summed E-state index contributed by atoms with van der Waals surface area (Å²) in [5, 5.41) is 7.02. The van der Waals surface area contributed by atoms with Crippen molar-refractivity contribution in [2.45, 2.75) is 12.3 Å². The number of pyridine rings is 1. The zero-order chi connectivity index (χ0) is 18.6. The Bertz CT molecular complexity index is 1010. The SMILES string of the molecule is CS(=O)(=O)Cc1cccc(C(=O)Nc2ccn(Cc3ccccn3)n2)c1. The van der Waals surface area contributed by atoms with E-state index in [1.54, 1.807) is 47.4 Å². The van der Waals surface area contributed by atoms with Gasteiger partial charge < -0.3 is 5.32 Å². The number of anilines is 1. The number of rotatable bonds is 6. The molecule has 0 bridgehead atoms. The van der Waals surface area contributed by atoms with Gasteiger partial charge >= 0.3 is 0 Å². The molecule has 0 aliphatic rings. The summed E-state index contributed by atoms with van der Waals surface area (Å²) in [7, 11) is -3.16. The van der Waals surface area contributed by atoms with Gasteiger partial charge in [-0.1, -0.05) is 18.2 Å². The lowest BCUT2D eigenvalue weighted by atomic mass is 10.1. The van der Waals surface area contributed by atoms with Gasteiger partial charge in [0.05, 0.1) is 18.0 Å². The molecular weight excluding hydrogens is 352 g/mol. The third kappa shape index (κ3) is 5.00. The van der Waals surface area contributed by atoms with E-state index in [4.69, 9.17) is 0 Å². The molecule has 0 aliphatic heterocycles. The number of aromatic nitrogens is 3. The fourth-order valence-electron chi connectivity index (χ4n) is 2.47. The lowest BCUT2D eigenvalue weighted by Gasteiger charge is -2.05. The highest BCUT2D eigenvalue weighted by atomic mass is 32.2. The van der Waals surface area contributed by atoms with Crippen LogP contribution in [-0.2, 0) is 22.1 Å². The molecule has 0 radical (unpaired) electrons. The van der Waals surface area contributed by atoms with E-state index in [1.807, 2.05) is 18.2 Å². The van der Waals surface area contributed by atoms with Crippen LogP contribution >= 0.6 is 0 Å². The van der Waals surface area contributed by atoms with Crippen LogP contribution < -0.4 is 5.32 Å². The minimum Gasteiger partial charge on any atom is -0.305 e. The van der Waals surface area contributed by atoms with E-state index < -0.39 is 9.84 Å². The molecule has 0 aliphatic carbocycles. The number of amides is 1. The summed E-state index contributed by atoms with van der Waals surface area (Å²) < 4.78 is 24.5. The third-order valence-corrected chi connectivity index (χ3v) is 4.41. The highest BCUT2D eigenvalue weighted by molar-refractivity contribution is 7.89. The second kappa shape index (κ2) is 7.49. The van der Waals surface area contributed by atoms with Crippen LogP contribution in [0.15, 0.2) is 60.9 Å². The fourth-order valence-corrected chi connectivity index (χ4v) is 3.25. The summed E-state index contributed by atoms with van der Waals surface area (Å²) in [6, 6.07) is 13.9. The Morgan fingerprint density at radius 3 is 2.73 bits per heavy atom. The molecule has 26 heavy (non-hydrogen) atoms. The molecule has 1 amide bonds. The molecule has 8 heteroatoms. The maximum atomic E-state index is 12.4. The smallest absolute Gasteiger partial charge is 0.256 e. The minimum absolute atomic E-state index is 0.104. The maximum absolute atomic E-state index is 12.4. The van der Waals surface area contributed by atoms with Gasteiger partial charge in [-0.2, -0.15) is 5.10 Å². The first-order valence-electron chi connectivity index (χ1n) is 7.90. The number of hydrogen-bond acceptors (Lipinski definition) is 5. The van der Waals surface area contributed by atoms with E-state index in [0.717, 1.165) is 11.9 Å². The van der Waals surface area contributed by atoms with Crippen molar-refractivity contribution < 1.29 is 13.2 Å². The first-order chi connectivity index (χ1) is 12.4. The molecule has 1 aromatic carbocycles. The van der Waals surface area contributed by atoms with E-state index in [1.165, 1.54) is 0 Å². The summed E-state index contributed by atoms with van der Waals surface area (Å²) in [5.41, 5.74) is 1.81. The minimum atomic E-state index is -3.16. The Kier molecular flexibility index (Phi) is 5.13. The predicted molar refractivity (Wildman–Crippen MR) is 98.5 cm³/mol. The number of nitrogens with one attached hydrogen (secondary N) is 1. The molecule has 2 heterocycles. The third-order valence-electron chi connectivity index (χ3n) is 3.55. The molecule has 1 N–H and O–H groups in total. The van der Waals surface area contributed by atoms with Crippen LogP contribution in [0, 0.1) is 0 Å². The predicted octanol–water partition coefficient (Wildman–Crippen LogP) is 2.12. The average Bonchev–Trinajstić information content (AvgIpc) is 3.01. The van der Waals surface area contributed by atoms with E-state index in [0.29, 0.717) is 23.5 Å². The number of hydrogen-bond donors (Lipinski definition) is 1. The average molecular weight is 370 g/mol. The zero-order valence-electron chi connectivity index (χ0n) is 14.2. The molecule has 7 nitrogen and oxygen atoms in total. The summed E-state index contributed by atoms with van der Waals surface area (Å²) in [6.45, 7) is 0.501. The maximum Gasteiger partial charge on any atom is 0.256 e. The van der Waals surface area contributed by atoms with Crippen molar-refractivity contribution in [2.24, 2.45) is 0 Å². The molecule has 0 spiro atoms. The van der Waals surface area contributed by atoms with E-state index in [9.17, 15) is 13.2 Å². The summed E-state index contributed by atoms with van der Waals surface area (Å²) in [5.74, 6) is -0.0322. The van der Waals surface area contributed by atoms with Gasteiger partial charge in [0, 0.05) is 30.3 Å². The molecule has 134 valence electrons. The summed E-state index contributed by atoms with van der Waals surface area (Å²) >= 11 is 0. The monoisotopic (exact) mass is 370 g/mol. The van der Waals surface area contributed by atoms with Gasteiger partial charge in [-0.3, -0.25) is 14.5 Å². The lowest BCUT2D eigenvalue weighted by molar-refractivity contribution is 0.102. The number of benzene rings is 1. The first kappa shape index (κ1) is 17.8. The van der Waals surface area contributed by atoms with Crippen molar-refractivity contribution in [3.05, 3.63) is 77.7 Å². The van der Waals surface area contributed by atoms with Crippen LogP contribution in [0.3, 0.4) is 0 Å². The molecule has 0 unspecified atom stereocenters. The first-order valence-corrected chi connectivity index (χ1v) is 9.96.